The van der Waals surface area contributed by atoms with E-state index in [0.29, 0.717) is 22.8 Å². The lowest BCUT2D eigenvalue weighted by atomic mass is 10.1. The molecule has 0 radical (unpaired) electrons. The Morgan fingerprint density at radius 2 is 1.56 bits per heavy atom. The van der Waals surface area contributed by atoms with E-state index in [4.69, 9.17) is 4.74 Å². The molecule has 27 heavy (non-hydrogen) atoms. The van der Waals surface area contributed by atoms with E-state index in [9.17, 15) is 9.59 Å². The van der Waals surface area contributed by atoms with Gasteiger partial charge >= 0.3 is 0 Å². The Morgan fingerprint density at radius 1 is 0.926 bits per heavy atom. The van der Waals surface area contributed by atoms with Crippen LogP contribution in [-0.4, -0.2) is 24.2 Å². The third-order valence-corrected chi connectivity index (χ3v) is 5.20. The van der Waals surface area contributed by atoms with E-state index >= 15 is 0 Å². The zero-order valence-electron chi connectivity index (χ0n) is 16.0. The van der Waals surface area contributed by atoms with Crippen LogP contribution in [0.25, 0.3) is 5.57 Å². The van der Waals surface area contributed by atoms with Gasteiger partial charge in [0.1, 0.15) is 5.75 Å². The molecule has 0 aromatic heterocycles. The second kappa shape index (κ2) is 8.01. The minimum Gasteiger partial charge on any atom is -0.494 e. The van der Waals surface area contributed by atoms with Gasteiger partial charge in [0.25, 0.3) is 11.8 Å². The molecule has 1 aliphatic rings. The summed E-state index contributed by atoms with van der Waals surface area (Å²) in [4.78, 5) is 28.1. The first kappa shape index (κ1) is 19.2. The number of benzene rings is 2. The first-order chi connectivity index (χ1) is 13.0. The lowest BCUT2D eigenvalue weighted by Gasteiger charge is -2.16. The fourth-order valence-corrected chi connectivity index (χ4v) is 4.09. The standard InChI is InChI=1S/C22H23NO3S/c1-5-26-18-9-7-16(8-10-18)19-20(27-6-2)22(25)23(21(19)24)17-12-14(3)11-15(4)13-17/h7-13H,5-6H2,1-4H3. The Balaban J connectivity index is 2.05. The fourth-order valence-electron chi connectivity index (χ4n) is 3.24. The van der Waals surface area contributed by atoms with Gasteiger partial charge in [-0.1, -0.05) is 25.1 Å². The van der Waals surface area contributed by atoms with Gasteiger partial charge in [-0.05, 0) is 67.5 Å². The molecule has 0 bridgehead atoms. The number of carbonyl (C=O) groups excluding carboxylic acids is 2. The van der Waals surface area contributed by atoms with Gasteiger partial charge in [-0.2, -0.15) is 0 Å². The van der Waals surface area contributed by atoms with Crippen molar-refractivity contribution in [1.29, 1.82) is 0 Å². The van der Waals surface area contributed by atoms with Crippen LogP contribution < -0.4 is 9.64 Å². The van der Waals surface area contributed by atoms with Crippen molar-refractivity contribution in [2.75, 3.05) is 17.3 Å². The highest BCUT2D eigenvalue weighted by molar-refractivity contribution is 8.04. The van der Waals surface area contributed by atoms with E-state index in [2.05, 4.69) is 0 Å². The van der Waals surface area contributed by atoms with E-state index in [0.717, 1.165) is 28.2 Å². The van der Waals surface area contributed by atoms with Crippen molar-refractivity contribution < 1.29 is 14.3 Å². The SMILES string of the molecule is CCOc1ccc(C2=C(SCC)C(=O)N(c3cc(C)cc(C)c3)C2=O)cc1. The van der Waals surface area contributed by atoms with E-state index in [-0.39, 0.29) is 11.8 Å². The predicted octanol–water partition coefficient (Wildman–Crippen LogP) is 4.74. The molecule has 2 aromatic rings. The van der Waals surface area contributed by atoms with Crippen LogP contribution >= 0.6 is 11.8 Å². The van der Waals surface area contributed by atoms with E-state index in [1.165, 1.54) is 16.7 Å². The Kier molecular flexibility index (Phi) is 5.71. The van der Waals surface area contributed by atoms with Crippen LogP contribution in [0.2, 0.25) is 0 Å². The predicted molar refractivity (Wildman–Crippen MR) is 111 cm³/mol. The molecule has 1 heterocycles. The van der Waals surface area contributed by atoms with Crippen LogP contribution in [0.1, 0.15) is 30.5 Å². The molecule has 4 nitrogen and oxygen atoms in total. The highest BCUT2D eigenvalue weighted by Gasteiger charge is 2.40. The van der Waals surface area contributed by atoms with Gasteiger partial charge < -0.3 is 4.74 Å². The summed E-state index contributed by atoms with van der Waals surface area (Å²) in [5.74, 6) is 0.940. The maximum absolute atomic E-state index is 13.2. The van der Waals surface area contributed by atoms with Gasteiger partial charge in [-0.15, -0.1) is 11.8 Å². The zero-order chi connectivity index (χ0) is 19.6. The number of hydrogen-bond acceptors (Lipinski definition) is 4. The van der Waals surface area contributed by atoms with Crippen molar-refractivity contribution in [3.8, 4) is 5.75 Å². The molecular weight excluding hydrogens is 358 g/mol. The van der Waals surface area contributed by atoms with E-state index < -0.39 is 0 Å². The first-order valence-corrected chi connectivity index (χ1v) is 10.0. The van der Waals surface area contributed by atoms with Crippen molar-refractivity contribution in [3.05, 3.63) is 64.1 Å². The summed E-state index contributed by atoms with van der Waals surface area (Å²) in [5.41, 5.74) is 3.86. The molecule has 0 saturated heterocycles. The van der Waals surface area contributed by atoms with Crippen molar-refractivity contribution >= 4 is 34.8 Å². The fraction of sp³-hybridized carbons (Fsp3) is 0.273. The summed E-state index contributed by atoms with van der Waals surface area (Å²) < 4.78 is 5.48. The summed E-state index contributed by atoms with van der Waals surface area (Å²) in [6.45, 7) is 8.41. The number of rotatable bonds is 6. The number of aryl methyl sites for hydroxylation is 2. The summed E-state index contributed by atoms with van der Waals surface area (Å²) >= 11 is 1.41. The molecule has 5 heteroatoms. The highest BCUT2D eigenvalue weighted by Crippen LogP contribution is 2.39. The monoisotopic (exact) mass is 381 g/mol. The van der Waals surface area contributed by atoms with Crippen LogP contribution in [0.4, 0.5) is 5.69 Å². The summed E-state index contributed by atoms with van der Waals surface area (Å²) in [6, 6.07) is 13.1. The molecule has 2 amide bonds. The molecule has 0 saturated carbocycles. The normalized spacial score (nSPS) is 14.3. The molecule has 0 aliphatic carbocycles. The quantitative estimate of drug-likeness (QED) is 0.678. The summed E-state index contributed by atoms with van der Waals surface area (Å²) in [5, 5.41) is 0. The van der Waals surface area contributed by atoms with Crippen molar-refractivity contribution in [2.24, 2.45) is 0 Å². The Hall–Kier alpha value is -2.53. The van der Waals surface area contributed by atoms with Crippen LogP contribution in [0.5, 0.6) is 5.75 Å². The first-order valence-electron chi connectivity index (χ1n) is 9.03. The lowest BCUT2D eigenvalue weighted by molar-refractivity contribution is -0.119. The Morgan fingerprint density at radius 3 is 2.11 bits per heavy atom. The molecule has 0 unspecified atom stereocenters. The highest BCUT2D eigenvalue weighted by atomic mass is 32.2. The number of amides is 2. The number of ether oxygens (including phenoxy) is 1. The number of imide groups is 1. The molecule has 0 N–H and O–H groups in total. The largest absolute Gasteiger partial charge is 0.494 e. The molecule has 1 aliphatic heterocycles. The average molecular weight is 381 g/mol. The number of hydrogen-bond donors (Lipinski definition) is 0. The number of anilines is 1. The van der Waals surface area contributed by atoms with Crippen LogP contribution in [0.3, 0.4) is 0 Å². The second-order valence-electron chi connectivity index (χ2n) is 6.39. The third-order valence-electron chi connectivity index (χ3n) is 4.25. The molecule has 3 rings (SSSR count). The van der Waals surface area contributed by atoms with Gasteiger partial charge in [-0.3, -0.25) is 9.59 Å². The molecule has 2 aromatic carbocycles. The smallest absolute Gasteiger partial charge is 0.272 e. The second-order valence-corrected chi connectivity index (χ2v) is 7.66. The summed E-state index contributed by atoms with van der Waals surface area (Å²) in [7, 11) is 0. The van der Waals surface area contributed by atoms with Crippen molar-refractivity contribution in [1.82, 2.24) is 0 Å². The molecule has 0 atom stereocenters. The van der Waals surface area contributed by atoms with Crippen molar-refractivity contribution in [2.45, 2.75) is 27.7 Å². The zero-order valence-corrected chi connectivity index (χ0v) is 16.9. The minimum atomic E-state index is -0.273. The van der Waals surface area contributed by atoms with Gasteiger partial charge in [-0.25, -0.2) is 4.90 Å². The van der Waals surface area contributed by atoms with Gasteiger partial charge in [0.05, 0.1) is 22.8 Å². The molecule has 0 fully saturated rings. The van der Waals surface area contributed by atoms with Gasteiger partial charge in [0, 0.05) is 0 Å². The number of carbonyl (C=O) groups is 2. The van der Waals surface area contributed by atoms with Crippen LogP contribution in [-0.2, 0) is 9.59 Å². The minimum absolute atomic E-state index is 0.249. The number of thioether (sulfide) groups is 1. The lowest BCUT2D eigenvalue weighted by Crippen LogP contribution is -2.31. The maximum atomic E-state index is 13.2. The van der Waals surface area contributed by atoms with Gasteiger partial charge in [0.15, 0.2) is 0 Å². The Labute approximate surface area is 164 Å². The van der Waals surface area contributed by atoms with Crippen LogP contribution in [0, 0.1) is 13.8 Å². The van der Waals surface area contributed by atoms with Gasteiger partial charge in [0.2, 0.25) is 0 Å². The molecular formula is C22H23NO3S. The number of nitrogens with zero attached hydrogens (tertiary/aromatic N) is 1. The van der Waals surface area contributed by atoms with Crippen LogP contribution in [0.15, 0.2) is 47.4 Å². The topological polar surface area (TPSA) is 46.6 Å². The third kappa shape index (κ3) is 3.78. The Bertz CT molecular complexity index is 895. The molecule has 140 valence electrons. The average Bonchev–Trinajstić information content (AvgIpc) is 2.86. The summed E-state index contributed by atoms with van der Waals surface area (Å²) in [6.07, 6.45) is 0. The van der Waals surface area contributed by atoms with E-state index in [1.54, 1.807) is 0 Å². The molecule has 0 spiro atoms. The maximum Gasteiger partial charge on any atom is 0.272 e. The van der Waals surface area contributed by atoms with E-state index in [1.807, 2.05) is 70.2 Å². The van der Waals surface area contributed by atoms with Crippen molar-refractivity contribution in [3.63, 3.8) is 0 Å².